The Kier molecular flexibility index (Phi) is 12.5. The molecule has 17 heteroatoms. The number of nitrogens with one attached hydrogen (secondary N) is 2. The molecule has 1 aliphatic carbocycles. The Morgan fingerprint density at radius 1 is 0.873 bits per heavy atom. The minimum absolute atomic E-state index is 0.138. The molecule has 3 aliphatic heterocycles. The summed E-state index contributed by atoms with van der Waals surface area (Å²) >= 11 is 0. The van der Waals surface area contributed by atoms with E-state index in [4.69, 9.17) is 4.98 Å². The van der Waals surface area contributed by atoms with Gasteiger partial charge >= 0.3 is 11.9 Å². The zero-order chi connectivity index (χ0) is 43.8. The first-order valence-corrected chi connectivity index (χ1v) is 22.5. The van der Waals surface area contributed by atoms with E-state index in [0.717, 1.165) is 112 Å². The molecule has 5 aromatic rings. The minimum Gasteiger partial charge on any atom is -0.393 e. The lowest BCUT2D eigenvalue weighted by Gasteiger charge is -2.48. The molecular formula is C46H57F3N10O4. The van der Waals surface area contributed by atoms with Crippen LogP contribution >= 0.6 is 0 Å². The van der Waals surface area contributed by atoms with Gasteiger partial charge in [0, 0.05) is 101 Å². The molecule has 2 amide bonds. The van der Waals surface area contributed by atoms with Crippen LogP contribution in [0.5, 0.6) is 0 Å². The smallest absolute Gasteiger partial charge is 0.390 e. The van der Waals surface area contributed by atoms with Crippen LogP contribution in [0.15, 0.2) is 59.7 Å². The Labute approximate surface area is 364 Å². The molecule has 63 heavy (non-hydrogen) atoms. The number of aliphatic hydroxyl groups excluding tert-OH is 1. The summed E-state index contributed by atoms with van der Waals surface area (Å²) in [5, 5.41) is 16.1. The maximum absolute atomic E-state index is 13.1. The quantitative estimate of drug-likeness (QED) is 0.0982. The number of aliphatic hydroxyl groups is 1. The summed E-state index contributed by atoms with van der Waals surface area (Å²) in [6.07, 6.45) is 4.89. The van der Waals surface area contributed by atoms with Gasteiger partial charge in [0.05, 0.1) is 23.6 Å². The summed E-state index contributed by atoms with van der Waals surface area (Å²) in [6, 6.07) is 14.7. The molecule has 3 N–H and O–H groups in total. The molecule has 4 fully saturated rings. The van der Waals surface area contributed by atoms with Crippen LogP contribution in [0.2, 0.25) is 0 Å². The molecule has 6 heterocycles. The monoisotopic (exact) mass is 870 g/mol. The van der Waals surface area contributed by atoms with Gasteiger partial charge in [0.25, 0.3) is 0 Å². The molecular weight excluding hydrogens is 814 g/mol. The standard InChI is InChI=1S/C46H57F3N10O4/c1-54-40-24-30(7-14-38(40)59(45(54)63)39-15-16-41(61)52-43(39)62)4-2-3-19-56-27-34(28-56)57-22-20-55(21-23-57)26-31-5-8-32(9-6-31)37-29-58(33-10-12-35(60)13-11-33)42-36(37)25-51-44(53-42)50-18-17-46(47,48)49/h5-9,14,24-25,29,33-35,39,60H,2-4,10-13,15-23,26-28H2,1H3,(H,50,51,53)(H,52,61,62)/t33?,35?,39-/m0/s1. The maximum atomic E-state index is 13.1. The molecule has 0 radical (unpaired) electrons. The zero-order valence-corrected chi connectivity index (χ0v) is 35.8. The van der Waals surface area contributed by atoms with Crippen molar-refractivity contribution in [2.45, 2.75) is 101 Å². The molecule has 9 rings (SSSR count). The Bertz CT molecular complexity index is 2490. The van der Waals surface area contributed by atoms with E-state index in [2.05, 4.69) is 71.4 Å². The lowest BCUT2D eigenvalue weighted by atomic mass is 9.93. The van der Waals surface area contributed by atoms with Crippen molar-refractivity contribution in [1.29, 1.82) is 0 Å². The number of hydrogen-bond acceptors (Lipinski definition) is 10. The second-order valence-corrected chi connectivity index (χ2v) is 18.0. The fraction of sp³-hybridized carbons (Fsp3) is 0.543. The topological polar surface area (TPSA) is 146 Å². The third-order valence-electron chi connectivity index (χ3n) is 13.7. The minimum atomic E-state index is -4.26. The van der Waals surface area contributed by atoms with Crippen LogP contribution in [0.4, 0.5) is 19.1 Å². The molecule has 3 aromatic heterocycles. The van der Waals surface area contributed by atoms with Crippen LogP contribution in [0.25, 0.3) is 33.2 Å². The number of unbranched alkanes of at least 4 members (excludes halogenated alkanes) is 1. The molecule has 14 nitrogen and oxygen atoms in total. The van der Waals surface area contributed by atoms with Gasteiger partial charge in [0.2, 0.25) is 17.8 Å². The summed E-state index contributed by atoms with van der Waals surface area (Å²) in [4.78, 5) is 54.1. The van der Waals surface area contributed by atoms with Crippen LogP contribution in [-0.2, 0) is 29.6 Å². The lowest BCUT2D eigenvalue weighted by Crippen LogP contribution is -2.62. The largest absolute Gasteiger partial charge is 0.393 e. The number of carbonyl (C=O) groups is 2. The van der Waals surface area contributed by atoms with Crippen molar-refractivity contribution in [1.82, 2.24) is 43.7 Å². The second kappa shape index (κ2) is 18.2. The SMILES string of the molecule is Cn1c(=O)n([C@H]2CCC(=O)NC2=O)c2ccc(CCCCN3CC(N4CCN(Cc5ccc(-c6cn(C7CCC(O)CC7)c7nc(NCCC(F)(F)F)ncc67)cc5)CC4)C3)cc21. The molecule has 1 atom stereocenters. The van der Waals surface area contributed by atoms with Crippen molar-refractivity contribution >= 4 is 39.8 Å². The van der Waals surface area contributed by atoms with Crippen LogP contribution in [-0.4, -0.2) is 126 Å². The number of nitrogens with zero attached hydrogens (tertiary/aromatic N) is 8. The first kappa shape index (κ1) is 43.2. The Hall–Kier alpha value is -5.10. The molecule has 336 valence electrons. The van der Waals surface area contributed by atoms with Gasteiger partial charge in [-0.2, -0.15) is 18.2 Å². The number of anilines is 1. The van der Waals surface area contributed by atoms with Crippen molar-refractivity contribution in [2.24, 2.45) is 7.05 Å². The second-order valence-electron chi connectivity index (χ2n) is 18.0. The summed E-state index contributed by atoms with van der Waals surface area (Å²) in [6.45, 7) is 8.00. The zero-order valence-electron chi connectivity index (χ0n) is 35.8. The predicted molar refractivity (Wildman–Crippen MR) is 234 cm³/mol. The van der Waals surface area contributed by atoms with Gasteiger partial charge in [-0.3, -0.25) is 33.8 Å². The van der Waals surface area contributed by atoms with Crippen LogP contribution in [0, 0.1) is 0 Å². The van der Waals surface area contributed by atoms with Gasteiger partial charge in [-0.05, 0) is 86.7 Å². The van der Waals surface area contributed by atoms with E-state index in [1.165, 1.54) is 15.7 Å². The van der Waals surface area contributed by atoms with Crippen molar-refractivity contribution in [2.75, 3.05) is 57.7 Å². The number of aromatic nitrogens is 5. The lowest BCUT2D eigenvalue weighted by molar-refractivity contribution is -0.136. The number of rotatable bonds is 14. The Morgan fingerprint density at radius 2 is 1.62 bits per heavy atom. The highest BCUT2D eigenvalue weighted by atomic mass is 19.4. The molecule has 1 saturated carbocycles. The fourth-order valence-electron chi connectivity index (χ4n) is 10.0. The van der Waals surface area contributed by atoms with E-state index in [0.29, 0.717) is 31.0 Å². The number of imidazole rings is 1. The van der Waals surface area contributed by atoms with E-state index in [9.17, 15) is 32.7 Å². The number of carbonyl (C=O) groups excluding carboxylic acids is 2. The highest BCUT2D eigenvalue weighted by molar-refractivity contribution is 6.00. The van der Waals surface area contributed by atoms with Crippen molar-refractivity contribution in [3.05, 3.63) is 76.5 Å². The molecule has 0 bridgehead atoms. The first-order chi connectivity index (χ1) is 30.4. The van der Waals surface area contributed by atoms with Gasteiger partial charge in [-0.15, -0.1) is 0 Å². The van der Waals surface area contributed by atoms with Crippen LogP contribution in [0.3, 0.4) is 0 Å². The summed E-state index contributed by atoms with van der Waals surface area (Å²) in [7, 11) is 1.73. The molecule has 0 unspecified atom stereocenters. The molecule has 2 aromatic carbocycles. The average Bonchev–Trinajstić information content (AvgIpc) is 3.74. The normalized spacial score (nSPS) is 22.2. The number of benzene rings is 2. The Balaban J connectivity index is 0.729. The van der Waals surface area contributed by atoms with Crippen molar-refractivity contribution in [3.8, 4) is 11.1 Å². The van der Waals surface area contributed by atoms with E-state index < -0.39 is 24.5 Å². The number of piperazine rings is 1. The average molecular weight is 871 g/mol. The molecule has 4 aliphatic rings. The van der Waals surface area contributed by atoms with E-state index in [1.807, 2.05) is 12.1 Å². The van der Waals surface area contributed by atoms with Crippen LogP contribution < -0.4 is 16.3 Å². The number of alkyl halides is 3. The van der Waals surface area contributed by atoms with E-state index >= 15 is 0 Å². The number of imide groups is 1. The molecule has 3 saturated heterocycles. The number of aryl methyl sites for hydroxylation is 2. The number of piperidine rings is 1. The van der Waals surface area contributed by atoms with Gasteiger partial charge in [-0.1, -0.05) is 30.3 Å². The van der Waals surface area contributed by atoms with Crippen molar-refractivity contribution in [3.63, 3.8) is 0 Å². The van der Waals surface area contributed by atoms with Gasteiger partial charge in [0.15, 0.2) is 0 Å². The number of halogens is 3. The van der Waals surface area contributed by atoms with E-state index in [1.54, 1.807) is 17.8 Å². The van der Waals surface area contributed by atoms with Gasteiger partial charge in [0.1, 0.15) is 11.7 Å². The third kappa shape index (κ3) is 9.57. The highest BCUT2D eigenvalue weighted by Gasteiger charge is 2.34. The van der Waals surface area contributed by atoms with Crippen molar-refractivity contribution < 1.29 is 27.9 Å². The fourth-order valence-corrected chi connectivity index (χ4v) is 10.0. The first-order valence-electron chi connectivity index (χ1n) is 22.5. The maximum Gasteiger partial charge on any atom is 0.390 e. The number of hydrogen-bond donors (Lipinski definition) is 3. The highest BCUT2D eigenvalue weighted by Crippen LogP contribution is 2.37. The summed E-state index contributed by atoms with van der Waals surface area (Å²) < 4.78 is 43.7. The summed E-state index contributed by atoms with van der Waals surface area (Å²) in [5.74, 6) is -0.540. The predicted octanol–water partition coefficient (Wildman–Crippen LogP) is 5.39. The Morgan fingerprint density at radius 3 is 2.35 bits per heavy atom. The van der Waals surface area contributed by atoms with Crippen LogP contribution in [0.1, 0.15) is 81.0 Å². The van der Waals surface area contributed by atoms with Gasteiger partial charge < -0.3 is 19.9 Å². The number of amides is 2. The molecule has 0 spiro atoms. The number of fused-ring (bicyclic) bond motifs is 2. The van der Waals surface area contributed by atoms with Gasteiger partial charge in [-0.25, -0.2) is 9.78 Å². The third-order valence-corrected chi connectivity index (χ3v) is 13.7. The number of likely N-dealkylation sites (tertiary alicyclic amines) is 1. The van der Waals surface area contributed by atoms with E-state index in [-0.39, 0.29) is 42.7 Å². The summed E-state index contributed by atoms with van der Waals surface area (Å²) in [5.41, 5.74) is 6.40.